The lowest BCUT2D eigenvalue weighted by Crippen LogP contribution is -2.42. The summed E-state index contributed by atoms with van der Waals surface area (Å²) in [6.45, 7) is 4.60. The van der Waals surface area contributed by atoms with Gasteiger partial charge in [-0.2, -0.15) is 0 Å². The third-order valence-corrected chi connectivity index (χ3v) is 6.08. The van der Waals surface area contributed by atoms with Gasteiger partial charge in [0, 0.05) is 29.2 Å². The Hall–Kier alpha value is -2.60. The minimum atomic E-state index is -0.757. The summed E-state index contributed by atoms with van der Waals surface area (Å²) in [5.41, 5.74) is 2.51. The molecule has 0 aliphatic carbocycles. The smallest absolute Gasteiger partial charge is 0.164 e. The van der Waals surface area contributed by atoms with E-state index in [2.05, 4.69) is 13.8 Å². The summed E-state index contributed by atoms with van der Waals surface area (Å²) in [7, 11) is 1.49. The Balaban J connectivity index is 1.56. The molecule has 6 heteroatoms. The maximum Gasteiger partial charge on any atom is 0.164 e. The van der Waals surface area contributed by atoms with Crippen molar-refractivity contribution < 1.29 is 29.2 Å². The van der Waals surface area contributed by atoms with E-state index in [0.29, 0.717) is 24.0 Å². The van der Waals surface area contributed by atoms with Crippen molar-refractivity contribution >= 4 is 0 Å². The molecule has 148 valence electrons. The summed E-state index contributed by atoms with van der Waals surface area (Å²) in [5.74, 6) is 2.60. The number of ether oxygens (including phenoxy) is 4. The summed E-state index contributed by atoms with van der Waals surface area (Å²) in [4.78, 5) is 0. The quantitative estimate of drug-likeness (QED) is 0.827. The van der Waals surface area contributed by atoms with Gasteiger partial charge in [0.2, 0.25) is 0 Å². The second-order valence-corrected chi connectivity index (χ2v) is 8.06. The Morgan fingerprint density at radius 2 is 1.93 bits per heavy atom. The van der Waals surface area contributed by atoms with Crippen LogP contribution in [0.25, 0.3) is 0 Å². The summed E-state index contributed by atoms with van der Waals surface area (Å²) in [5, 5.41) is 21.5. The van der Waals surface area contributed by atoms with Gasteiger partial charge in [0.15, 0.2) is 11.5 Å². The molecule has 0 saturated heterocycles. The van der Waals surface area contributed by atoms with Crippen molar-refractivity contribution in [1.82, 2.24) is 0 Å². The fourth-order valence-electron chi connectivity index (χ4n) is 4.50. The molecule has 0 bridgehead atoms. The highest BCUT2D eigenvalue weighted by atomic mass is 16.5. The van der Waals surface area contributed by atoms with Gasteiger partial charge >= 0.3 is 0 Å². The van der Waals surface area contributed by atoms with Crippen molar-refractivity contribution in [2.24, 2.45) is 5.92 Å². The van der Waals surface area contributed by atoms with E-state index in [1.54, 1.807) is 12.1 Å². The normalized spacial score (nSPS) is 26.9. The van der Waals surface area contributed by atoms with Gasteiger partial charge in [0.1, 0.15) is 36.1 Å². The van der Waals surface area contributed by atoms with Crippen LogP contribution in [0.3, 0.4) is 0 Å². The van der Waals surface area contributed by atoms with Crippen molar-refractivity contribution in [2.75, 3.05) is 13.7 Å². The zero-order valence-electron chi connectivity index (χ0n) is 16.1. The maximum absolute atomic E-state index is 11.2. The van der Waals surface area contributed by atoms with E-state index in [9.17, 15) is 10.2 Å². The van der Waals surface area contributed by atoms with Crippen LogP contribution in [-0.4, -0.2) is 36.1 Å². The van der Waals surface area contributed by atoms with Gasteiger partial charge in [-0.05, 0) is 24.1 Å². The van der Waals surface area contributed by atoms with Gasteiger partial charge in [-0.15, -0.1) is 0 Å². The molecule has 2 aromatic rings. The Morgan fingerprint density at radius 1 is 1.11 bits per heavy atom. The second-order valence-electron chi connectivity index (χ2n) is 8.06. The molecule has 6 nitrogen and oxygen atoms in total. The van der Waals surface area contributed by atoms with E-state index in [0.717, 1.165) is 34.6 Å². The first-order valence-electron chi connectivity index (χ1n) is 9.68. The highest BCUT2D eigenvalue weighted by molar-refractivity contribution is 5.58. The molecule has 0 radical (unpaired) electrons. The molecule has 3 aliphatic rings. The standard InChI is InChI=1S/C22H24O6/c1-10(2)16-7-13-15(27-16)5-4-11-21(24)20-12-6-14(23)18(25-3)8-17(12)26-9-19(20)28-22(11)13/h4-6,8,10,16,19-21,23-24H,7,9H2,1-3H3/t16-,19-,20+,21-/m1/s1. The largest absolute Gasteiger partial charge is 0.504 e. The van der Waals surface area contributed by atoms with E-state index >= 15 is 0 Å². The van der Waals surface area contributed by atoms with Crippen molar-refractivity contribution in [3.05, 3.63) is 41.0 Å². The number of benzene rings is 2. The van der Waals surface area contributed by atoms with Gasteiger partial charge in [0.05, 0.1) is 19.1 Å². The van der Waals surface area contributed by atoms with Crippen molar-refractivity contribution in [3.8, 4) is 28.7 Å². The molecule has 0 spiro atoms. The van der Waals surface area contributed by atoms with E-state index < -0.39 is 6.10 Å². The highest BCUT2D eigenvalue weighted by Crippen LogP contribution is 2.53. The number of fused-ring (bicyclic) bond motifs is 6. The summed E-state index contributed by atoms with van der Waals surface area (Å²) in [6.07, 6.45) is -0.205. The summed E-state index contributed by atoms with van der Waals surface area (Å²) < 4.78 is 23.5. The molecule has 0 fully saturated rings. The SMILES string of the molecule is COc1cc2c(cc1O)[C@@H]1[C@H](O)c3ccc4c(c3O[C@@H]1CO2)C[C@H](C(C)C)O4. The van der Waals surface area contributed by atoms with Crippen LogP contribution in [0.4, 0.5) is 0 Å². The summed E-state index contributed by atoms with van der Waals surface area (Å²) >= 11 is 0. The Kier molecular flexibility index (Phi) is 3.88. The van der Waals surface area contributed by atoms with E-state index in [4.69, 9.17) is 18.9 Å². The molecular formula is C22H24O6. The van der Waals surface area contributed by atoms with Gasteiger partial charge in [0.25, 0.3) is 0 Å². The molecule has 28 heavy (non-hydrogen) atoms. The molecule has 2 N–H and O–H groups in total. The van der Waals surface area contributed by atoms with Crippen LogP contribution in [0.5, 0.6) is 28.7 Å². The predicted octanol–water partition coefficient (Wildman–Crippen LogP) is 3.33. The lowest BCUT2D eigenvalue weighted by atomic mass is 9.80. The van der Waals surface area contributed by atoms with Gasteiger partial charge in [-0.1, -0.05) is 13.8 Å². The minimum Gasteiger partial charge on any atom is -0.504 e. The summed E-state index contributed by atoms with van der Waals surface area (Å²) in [6, 6.07) is 7.08. The van der Waals surface area contributed by atoms with Crippen molar-refractivity contribution in [2.45, 2.75) is 44.5 Å². The molecule has 5 rings (SSSR count). The highest BCUT2D eigenvalue weighted by Gasteiger charge is 2.45. The average molecular weight is 384 g/mol. The average Bonchev–Trinajstić information content (AvgIpc) is 3.12. The number of aromatic hydroxyl groups is 1. The van der Waals surface area contributed by atoms with E-state index in [1.165, 1.54) is 7.11 Å². The van der Waals surface area contributed by atoms with Crippen LogP contribution in [-0.2, 0) is 6.42 Å². The number of hydrogen-bond acceptors (Lipinski definition) is 6. The molecule has 2 aromatic carbocycles. The zero-order chi connectivity index (χ0) is 19.6. The maximum atomic E-state index is 11.2. The number of rotatable bonds is 2. The molecular weight excluding hydrogens is 360 g/mol. The van der Waals surface area contributed by atoms with Crippen LogP contribution in [0.2, 0.25) is 0 Å². The fraction of sp³-hybridized carbons (Fsp3) is 0.455. The molecule has 0 saturated carbocycles. The lowest BCUT2D eigenvalue weighted by molar-refractivity contribution is 0.000785. The molecule has 0 unspecified atom stereocenters. The monoisotopic (exact) mass is 384 g/mol. The minimum absolute atomic E-state index is 0.0191. The van der Waals surface area contributed by atoms with E-state index in [1.807, 2.05) is 12.1 Å². The van der Waals surface area contributed by atoms with Crippen LogP contribution in [0.15, 0.2) is 24.3 Å². The molecule has 3 aliphatic heterocycles. The number of aliphatic hydroxyl groups excluding tert-OH is 1. The number of phenolic OH excluding ortho intramolecular Hbond substituents is 1. The molecule has 3 heterocycles. The zero-order valence-corrected chi connectivity index (χ0v) is 16.1. The third kappa shape index (κ3) is 2.44. The number of aliphatic hydroxyl groups is 1. The third-order valence-electron chi connectivity index (χ3n) is 6.08. The van der Waals surface area contributed by atoms with Gasteiger partial charge < -0.3 is 29.2 Å². The Labute approximate surface area is 163 Å². The molecule has 0 aromatic heterocycles. The van der Waals surface area contributed by atoms with Gasteiger partial charge in [-0.25, -0.2) is 0 Å². The van der Waals surface area contributed by atoms with Gasteiger partial charge in [-0.3, -0.25) is 0 Å². The first kappa shape index (κ1) is 17.5. The van der Waals surface area contributed by atoms with Crippen LogP contribution < -0.4 is 18.9 Å². The second kappa shape index (κ2) is 6.21. The van der Waals surface area contributed by atoms with Crippen LogP contribution >= 0.6 is 0 Å². The topological polar surface area (TPSA) is 77.4 Å². The lowest BCUT2D eigenvalue weighted by Gasteiger charge is -2.41. The predicted molar refractivity (Wildman–Crippen MR) is 102 cm³/mol. The van der Waals surface area contributed by atoms with Crippen LogP contribution in [0, 0.1) is 5.92 Å². The van der Waals surface area contributed by atoms with Crippen molar-refractivity contribution in [3.63, 3.8) is 0 Å². The van der Waals surface area contributed by atoms with Crippen LogP contribution in [0.1, 0.15) is 42.6 Å². The first-order chi connectivity index (χ1) is 13.5. The van der Waals surface area contributed by atoms with E-state index in [-0.39, 0.29) is 23.9 Å². The molecule has 0 amide bonds. The fourth-order valence-corrected chi connectivity index (χ4v) is 4.50. The van der Waals surface area contributed by atoms with Crippen molar-refractivity contribution in [1.29, 1.82) is 0 Å². The molecule has 4 atom stereocenters. The Morgan fingerprint density at radius 3 is 2.68 bits per heavy atom. The first-order valence-corrected chi connectivity index (χ1v) is 9.68. The number of phenols is 1. The number of methoxy groups -OCH3 is 1. The number of hydrogen-bond donors (Lipinski definition) is 2. The Bertz CT molecular complexity index is 937.